The van der Waals surface area contributed by atoms with Crippen molar-refractivity contribution in [3.05, 3.63) is 12.2 Å². The minimum Gasteiger partial charge on any atom is -0.466 e. The van der Waals surface area contributed by atoms with Crippen LogP contribution in [0.5, 0.6) is 0 Å². The zero-order chi connectivity index (χ0) is 10.2. The van der Waals surface area contributed by atoms with Crippen LogP contribution in [0.25, 0.3) is 0 Å². The van der Waals surface area contributed by atoms with E-state index in [0.717, 1.165) is 6.54 Å². The lowest BCUT2D eigenvalue weighted by molar-refractivity contribution is -0.142. The lowest BCUT2D eigenvalue weighted by Crippen LogP contribution is -2.32. The van der Waals surface area contributed by atoms with Gasteiger partial charge in [-0.25, -0.2) is 0 Å². The zero-order valence-electron chi connectivity index (χ0n) is 9.20. The maximum atomic E-state index is 11.0. The first-order valence-electron chi connectivity index (χ1n) is 5.38. The van der Waals surface area contributed by atoms with Gasteiger partial charge in [-0.15, -0.1) is 12.4 Å². The molecule has 0 aromatic rings. The Hall–Kier alpha value is -0.540. The zero-order valence-corrected chi connectivity index (χ0v) is 10.0. The summed E-state index contributed by atoms with van der Waals surface area (Å²) in [4.78, 5) is 11.0. The molecule has 0 bridgehead atoms. The molecule has 1 atom stereocenters. The SMILES string of the molecule is CCOC(=O)C/C=C/C1CCCCN1.Cl. The summed E-state index contributed by atoms with van der Waals surface area (Å²) in [6.45, 7) is 3.38. The Morgan fingerprint density at radius 3 is 2.93 bits per heavy atom. The van der Waals surface area contributed by atoms with Crippen LogP contribution in [0, 0.1) is 0 Å². The topological polar surface area (TPSA) is 38.3 Å². The molecular formula is C11H20ClNO2. The Kier molecular flexibility index (Phi) is 8.43. The average Bonchev–Trinajstić information content (AvgIpc) is 2.20. The molecule has 1 aliphatic heterocycles. The van der Waals surface area contributed by atoms with Crippen molar-refractivity contribution in [2.45, 2.75) is 38.6 Å². The lowest BCUT2D eigenvalue weighted by atomic mass is 10.0. The van der Waals surface area contributed by atoms with E-state index >= 15 is 0 Å². The molecule has 1 aliphatic rings. The van der Waals surface area contributed by atoms with Crippen molar-refractivity contribution in [2.75, 3.05) is 13.2 Å². The van der Waals surface area contributed by atoms with Crippen LogP contribution in [0.15, 0.2) is 12.2 Å². The molecule has 3 nitrogen and oxygen atoms in total. The molecule has 15 heavy (non-hydrogen) atoms. The second-order valence-corrected chi connectivity index (χ2v) is 3.49. The van der Waals surface area contributed by atoms with Gasteiger partial charge in [-0.05, 0) is 26.3 Å². The number of halogens is 1. The van der Waals surface area contributed by atoms with Crippen molar-refractivity contribution in [3.63, 3.8) is 0 Å². The Labute approximate surface area is 97.7 Å². The molecule has 0 radical (unpaired) electrons. The third-order valence-electron chi connectivity index (χ3n) is 2.31. The van der Waals surface area contributed by atoms with Gasteiger partial charge >= 0.3 is 5.97 Å². The molecule has 1 unspecified atom stereocenters. The number of carbonyl (C=O) groups excluding carboxylic acids is 1. The van der Waals surface area contributed by atoms with Crippen LogP contribution in [-0.2, 0) is 9.53 Å². The van der Waals surface area contributed by atoms with E-state index in [-0.39, 0.29) is 18.4 Å². The maximum Gasteiger partial charge on any atom is 0.309 e. The van der Waals surface area contributed by atoms with E-state index in [0.29, 0.717) is 19.1 Å². The summed E-state index contributed by atoms with van der Waals surface area (Å²) in [7, 11) is 0. The number of piperidine rings is 1. The maximum absolute atomic E-state index is 11.0. The molecule has 0 aromatic carbocycles. The highest BCUT2D eigenvalue weighted by atomic mass is 35.5. The number of esters is 1. The van der Waals surface area contributed by atoms with Gasteiger partial charge in [0.25, 0.3) is 0 Å². The van der Waals surface area contributed by atoms with Crippen molar-refractivity contribution >= 4 is 18.4 Å². The summed E-state index contributed by atoms with van der Waals surface area (Å²) >= 11 is 0. The molecule has 4 heteroatoms. The first kappa shape index (κ1) is 14.5. The Bertz CT molecular complexity index is 201. The fraction of sp³-hybridized carbons (Fsp3) is 0.727. The average molecular weight is 234 g/mol. The predicted molar refractivity (Wildman–Crippen MR) is 63.3 cm³/mol. The minimum absolute atomic E-state index is 0. The summed E-state index contributed by atoms with van der Waals surface area (Å²) in [5, 5.41) is 3.39. The summed E-state index contributed by atoms with van der Waals surface area (Å²) in [6, 6.07) is 0.457. The van der Waals surface area contributed by atoms with E-state index in [9.17, 15) is 4.79 Å². The van der Waals surface area contributed by atoms with Gasteiger partial charge in [-0.3, -0.25) is 4.79 Å². The van der Waals surface area contributed by atoms with Gasteiger partial charge < -0.3 is 10.1 Å². The molecule has 0 saturated carbocycles. The van der Waals surface area contributed by atoms with Gasteiger partial charge in [0.2, 0.25) is 0 Å². The molecule has 1 fully saturated rings. The third-order valence-corrected chi connectivity index (χ3v) is 2.31. The first-order valence-corrected chi connectivity index (χ1v) is 5.38. The van der Waals surface area contributed by atoms with E-state index in [1.165, 1.54) is 19.3 Å². The van der Waals surface area contributed by atoms with E-state index in [2.05, 4.69) is 11.4 Å². The third kappa shape index (κ3) is 6.52. The molecule has 0 spiro atoms. The van der Waals surface area contributed by atoms with Gasteiger partial charge in [0, 0.05) is 6.04 Å². The van der Waals surface area contributed by atoms with Crippen molar-refractivity contribution < 1.29 is 9.53 Å². The highest BCUT2D eigenvalue weighted by molar-refractivity contribution is 5.85. The first-order chi connectivity index (χ1) is 6.83. The van der Waals surface area contributed by atoms with E-state index in [1.807, 2.05) is 13.0 Å². The molecule has 88 valence electrons. The number of carbonyl (C=O) groups is 1. The Morgan fingerprint density at radius 2 is 2.33 bits per heavy atom. The van der Waals surface area contributed by atoms with Crippen LogP contribution < -0.4 is 5.32 Å². The Balaban J connectivity index is 0.00000196. The van der Waals surface area contributed by atoms with Gasteiger partial charge in [-0.2, -0.15) is 0 Å². The van der Waals surface area contributed by atoms with Crippen LogP contribution in [0.2, 0.25) is 0 Å². The molecule has 1 heterocycles. The molecule has 1 N–H and O–H groups in total. The van der Waals surface area contributed by atoms with Crippen LogP contribution in [0.3, 0.4) is 0 Å². The van der Waals surface area contributed by atoms with Gasteiger partial charge in [0.15, 0.2) is 0 Å². The highest BCUT2D eigenvalue weighted by Gasteiger charge is 2.08. The minimum atomic E-state index is -0.139. The van der Waals surface area contributed by atoms with Crippen LogP contribution in [0.1, 0.15) is 32.6 Å². The summed E-state index contributed by atoms with van der Waals surface area (Å²) in [5.74, 6) is -0.139. The molecule has 1 rings (SSSR count). The normalized spacial score (nSPS) is 21.0. The molecule has 0 amide bonds. The fourth-order valence-electron chi connectivity index (χ4n) is 1.59. The second kappa shape index (κ2) is 8.74. The number of ether oxygens (including phenoxy) is 1. The van der Waals surface area contributed by atoms with Gasteiger partial charge in [-0.1, -0.05) is 18.6 Å². The van der Waals surface area contributed by atoms with E-state index in [4.69, 9.17) is 4.74 Å². The molecule has 1 saturated heterocycles. The van der Waals surface area contributed by atoms with Crippen molar-refractivity contribution in [2.24, 2.45) is 0 Å². The summed E-state index contributed by atoms with van der Waals surface area (Å²) in [6.07, 6.45) is 8.10. The Morgan fingerprint density at radius 1 is 1.53 bits per heavy atom. The molecular weight excluding hydrogens is 214 g/mol. The van der Waals surface area contributed by atoms with Gasteiger partial charge in [0.1, 0.15) is 0 Å². The van der Waals surface area contributed by atoms with Crippen molar-refractivity contribution in [3.8, 4) is 0 Å². The molecule has 0 aromatic heterocycles. The quantitative estimate of drug-likeness (QED) is 0.597. The number of hydrogen-bond donors (Lipinski definition) is 1. The fourth-order valence-corrected chi connectivity index (χ4v) is 1.59. The number of hydrogen-bond acceptors (Lipinski definition) is 3. The van der Waals surface area contributed by atoms with Crippen LogP contribution >= 0.6 is 12.4 Å². The monoisotopic (exact) mass is 233 g/mol. The van der Waals surface area contributed by atoms with E-state index < -0.39 is 0 Å². The standard InChI is InChI=1S/C11H19NO2.ClH/c1-2-14-11(13)8-5-7-10-6-3-4-9-12-10;/h5,7,10,12H,2-4,6,8-9H2,1H3;1H/b7-5+;. The van der Waals surface area contributed by atoms with Gasteiger partial charge in [0.05, 0.1) is 13.0 Å². The lowest BCUT2D eigenvalue weighted by Gasteiger charge is -2.19. The van der Waals surface area contributed by atoms with E-state index in [1.54, 1.807) is 0 Å². The largest absolute Gasteiger partial charge is 0.466 e. The number of rotatable bonds is 4. The van der Waals surface area contributed by atoms with Crippen molar-refractivity contribution in [1.29, 1.82) is 0 Å². The van der Waals surface area contributed by atoms with Crippen molar-refractivity contribution in [1.82, 2.24) is 5.32 Å². The van der Waals surface area contributed by atoms with Crippen LogP contribution in [0.4, 0.5) is 0 Å². The smallest absolute Gasteiger partial charge is 0.309 e. The summed E-state index contributed by atoms with van der Waals surface area (Å²) < 4.78 is 4.82. The summed E-state index contributed by atoms with van der Waals surface area (Å²) in [5.41, 5.74) is 0. The highest BCUT2D eigenvalue weighted by Crippen LogP contribution is 2.08. The second-order valence-electron chi connectivity index (χ2n) is 3.49. The van der Waals surface area contributed by atoms with Crippen LogP contribution in [-0.4, -0.2) is 25.2 Å². The number of nitrogens with one attached hydrogen (secondary N) is 1. The predicted octanol–water partition coefficient (Wildman–Crippen LogP) is 2.06. The molecule has 0 aliphatic carbocycles.